The number of benzene rings is 1. The fraction of sp³-hybridized carbons (Fsp3) is 0.455. The van der Waals surface area contributed by atoms with E-state index in [1.165, 1.54) is 5.56 Å². The third-order valence-electron chi connectivity index (χ3n) is 3.06. The Morgan fingerprint density at radius 2 is 2.14 bits per heavy atom. The van der Waals surface area contributed by atoms with Crippen LogP contribution in [0.2, 0.25) is 0 Å². The zero-order chi connectivity index (χ0) is 10.3. The Balaban J connectivity index is 2.57. The van der Waals surface area contributed by atoms with Crippen molar-refractivity contribution in [3.05, 3.63) is 39.8 Å². The van der Waals surface area contributed by atoms with Crippen molar-refractivity contribution in [1.29, 1.82) is 0 Å². The van der Waals surface area contributed by atoms with Crippen molar-refractivity contribution in [2.45, 2.75) is 31.2 Å². The van der Waals surface area contributed by atoms with Gasteiger partial charge in [-0.3, -0.25) is 0 Å². The summed E-state index contributed by atoms with van der Waals surface area (Å²) in [5, 5.41) is 2.87. The maximum atomic E-state index is 10.7. The minimum Gasteiger partial charge on any atom is -0.150 e. The van der Waals surface area contributed by atoms with E-state index in [0.717, 1.165) is 11.1 Å². The lowest BCUT2D eigenvalue weighted by Gasteiger charge is -2.09. The minimum absolute atomic E-state index is 0.143. The van der Waals surface area contributed by atoms with Crippen LogP contribution >= 0.6 is 11.6 Å². The lowest BCUT2D eigenvalue weighted by atomic mass is 10.00. The molecule has 74 valence electrons. The summed E-state index contributed by atoms with van der Waals surface area (Å²) >= 11 is 6.22. The molecule has 3 heteroatoms. The summed E-state index contributed by atoms with van der Waals surface area (Å²) in [7, 11) is 0. The first kappa shape index (κ1) is 9.66. The van der Waals surface area contributed by atoms with Gasteiger partial charge in [0.1, 0.15) is 6.04 Å². The molecule has 0 spiro atoms. The molecule has 0 aromatic heterocycles. The van der Waals surface area contributed by atoms with E-state index in [-0.39, 0.29) is 17.3 Å². The molecule has 0 fully saturated rings. The predicted molar refractivity (Wildman–Crippen MR) is 57.8 cm³/mol. The van der Waals surface area contributed by atoms with Crippen molar-refractivity contribution in [3.8, 4) is 0 Å². The lowest BCUT2D eigenvalue weighted by molar-refractivity contribution is 0.600. The normalized spacial score (nSPS) is 30.1. The van der Waals surface area contributed by atoms with Crippen molar-refractivity contribution in [3.63, 3.8) is 0 Å². The average Bonchev–Trinajstić information content (AvgIpc) is 2.41. The van der Waals surface area contributed by atoms with Crippen LogP contribution in [0.5, 0.6) is 0 Å². The highest BCUT2D eigenvalue weighted by Crippen LogP contribution is 2.46. The second kappa shape index (κ2) is 3.35. The number of hydrogen-bond acceptors (Lipinski definition) is 2. The largest absolute Gasteiger partial charge is 0.150 e. The van der Waals surface area contributed by atoms with Crippen LogP contribution < -0.4 is 0 Å². The molecule has 0 saturated carbocycles. The number of aryl methyl sites for hydroxylation is 1. The summed E-state index contributed by atoms with van der Waals surface area (Å²) in [6.07, 6.45) is 0. The first-order valence-electron chi connectivity index (χ1n) is 4.72. The molecular formula is C11H12ClNO. The zero-order valence-corrected chi connectivity index (χ0v) is 8.95. The summed E-state index contributed by atoms with van der Waals surface area (Å²) in [4.78, 5) is 10.7. The van der Waals surface area contributed by atoms with Crippen LogP contribution in [0.15, 0.2) is 23.4 Å². The van der Waals surface area contributed by atoms with Crippen LogP contribution in [0, 0.1) is 11.8 Å². The quantitative estimate of drug-likeness (QED) is 0.514. The van der Waals surface area contributed by atoms with E-state index in [0.29, 0.717) is 0 Å². The van der Waals surface area contributed by atoms with Gasteiger partial charge in [0.25, 0.3) is 0 Å². The number of hydrogen-bond donors (Lipinski definition) is 0. The van der Waals surface area contributed by atoms with Crippen LogP contribution in [0.1, 0.15) is 34.9 Å². The molecular weight excluding hydrogens is 198 g/mol. The maximum Gasteiger partial charge on any atom is 0.119 e. The van der Waals surface area contributed by atoms with Gasteiger partial charge in [0.2, 0.25) is 0 Å². The topological polar surface area (TPSA) is 29.4 Å². The third kappa shape index (κ3) is 1.17. The van der Waals surface area contributed by atoms with Crippen molar-refractivity contribution in [2.24, 2.45) is 5.18 Å². The number of nitrogens with zero attached hydrogens (tertiary/aromatic N) is 1. The SMILES string of the molecule is Cc1cccc2c1C(Cl)C(N=O)C2C. The van der Waals surface area contributed by atoms with Crippen molar-refractivity contribution in [1.82, 2.24) is 0 Å². The summed E-state index contributed by atoms with van der Waals surface area (Å²) < 4.78 is 0. The first-order chi connectivity index (χ1) is 6.66. The van der Waals surface area contributed by atoms with E-state index >= 15 is 0 Å². The summed E-state index contributed by atoms with van der Waals surface area (Å²) in [5.41, 5.74) is 3.43. The van der Waals surface area contributed by atoms with E-state index in [4.69, 9.17) is 11.6 Å². The van der Waals surface area contributed by atoms with Gasteiger partial charge >= 0.3 is 0 Å². The zero-order valence-electron chi connectivity index (χ0n) is 8.20. The van der Waals surface area contributed by atoms with E-state index < -0.39 is 0 Å². The Morgan fingerprint density at radius 3 is 2.71 bits per heavy atom. The van der Waals surface area contributed by atoms with Gasteiger partial charge in [-0.25, -0.2) is 0 Å². The fourth-order valence-corrected chi connectivity index (χ4v) is 2.79. The molecule has 0 radical (unpaired) electrons. The second-order valence-corrected chi connectivity index (χ2v) is 4.33. The Hall–Kier alpha value is -0.890. The molecule has 2 rings (SSSR count). The van der Waals surface area contributed by atoms with Crippen LogP contribution in [-0.2, 0) is 0 Å². The molecule has 1 aliphatic rings. The second-order valence-electron chi connectivity index (χ2n) is 3.86. The van der Waals surface area contributed by atoms with Crippen LogP contribution in [0.25, 0.3) is 0 Å². The van der Waals surface area contributed by atoms with Crippen LogP contribution in [0.4, 0.5) is 0 Å². The Kier molecular flexibility index (Phi) is 2.31. The lowest BCUT2D eigenvalue weighted by Crippen LogP contribution is -2.09. The van der Waals surface area contributed by atoms with Crippen LogP contribution in [0.3, 0.4) is 0 Å². The van der Waals surface area contributed by atoms with E-state index in [1.54, 1.807) is 0 Å². The number of rotatable bonds is 1. The van der Waals surface area contributed by atoms with Gasteiger partial charge in [-0.15, -0.1) is 11.6 Å². The molecule has 0 amide bonds. The summed E-state index contributed by atoms with van der Waals surface area (Å²) in [6.45, 7) is 4.03. The average molecular weight is 210 g/mol. The molecule has 1 aliphatic carbocycles. The standard InChI is InChI=1S/C11H12ClNO/c1-6-4-3-5-8-7(2)11(13-14)10(12)9(6)8/h3-5,7,10-11H,1-2H3. The minimum atomic E-state index is -0.312. The molecule has 0 saturated heterocycles. The summed E-state index contributed by atoms with van der Waals surface area (Å²) in [6, 6.07) is 5.75. The molecule has 1 aromatic rings. The smallest absolute Gasteiger partial charge is 0.119 e. The maximum absolute atomic E-state index is 10.7. The Labute approximate surface area is 88.2 Å². The summed E-state index contributed by atoms with van der Waals surface area (Å²) in [5.74, 6) is 0.143. The van der Waals surface area contributed by atoms with Crippen molar-refractivity contribution >= 4 is 11.6 Å². The molecule has 3 atom stereocenters. The van der Waals surface area contributed by atoms with Crippen LogP contribution in [-0.4, -0.2) is 6.04 Å². The van der Waals surface area contributed by atoms with Crippen molar-refractivity contribution < 1.29 is 0 Å². The van der Waals surface area contributed by atoms with Gasteiger partial charge in [0.05, 0.1) is 5.38 Å². The number of alkyl halides is 1. The van der Waals surface area contributed by atoms with E-state index in [9.17, 15) is 4.91 Å². The van der Waals surface area contributed by atoms with Gasteiger partial charge in [0, 0.05) is 5.92 Å². The van der Waals surface area contributed by atoms with Gasteiger partial charge < -0.3 is 0 Å². The molecule has 2 nitrogen and oxygen atoms in total. The Morgan fingerprint density at radius 1 is 1.43 bits per heavy atom. The third-order valence-corrected chi connectivity index (χ3v) is 3.53. The monoisotopic (exact) mass is 209 g/mol. The number of fused-ring (bicyclic) bond motifs is 1. The van der Waals surface area contributed by atoms with Gasteiger partial charge in [-0.05, 0) is 23.6 Å². The molecule has 14 heavy (non-hydrogen) atoms. The number of halogens is 1. The molecule has 0 aliphatic heterocycles. The Bertz CT molecular complexity index is 378. The highest BCUT2D eigenvalue weighted by Gasteiger charge is 2.38. The predicted octanol–water partition coefficient (Wildman–Crippen LogP) is 3.53. The number of nitroso groups, excluding NO2 is 1. The molecule has 3 unspecified atom stereocenters. The molecule has 0 heterocycles. The van der Waals surface area contributed by atoms with E-state index in [2.05, 4.69) is 5.18 Å². The molecule has 0 N–H and O–H groups in total. The van der Waals surface area contributed by atoms with Gasteiger partial charge in [0.15, 0.2) is 0 Å². The first-order valence-corrected chi connectivity index (χ1v) is 5.16. The highest BCUT2D eigenvalue weighted by molar-refractivity contribution is 6.22. The fourth-order valence-electron chi connectivity index (χ4n) is 2.23. The van der Waals surface area contributed by atoms with Gasteiger partial charge in [-0.2, -0.15) is 4.91 Å². The molecule has 0 bridgehead atoms. The van der Waals surface area contributed by atoms with Gasteiger partial charge in [-0.1, -0.05) is 30.3 Å². The van der Waals surface area contributed by atoms with E-state index in [1.807, 2.05) is 32.0 Å². The molecule has 1 aromatic carbocycles. The van der Waals surface area contributed by atoms with Crippen molar-refractivity contribution in [2.75, 3.05) is 0 Å². The highest BCUT2D eigenvalue weighted by atomic mass is 35.5.